The second-order valence-corrected chi connectivity index (χ2v) is 9.03. The Bertz CT molecular complexity index is 793. The largest absolute Gasteiger partial charge is 0.467 e. The molecule has 4 aliphatic carbocycles. The summed E-state index contributed by atoms with van der Waals surface area (Å²) in [6, 6.07) is 6.21. The Labute approximate surface area is 183 Å². The third kappa shape index (κ3) is 4.72. The Hall–Kier alpha value is -2.28. The van der Waals surface area contributed by atoms with Crippen molar-refractivity contribution >= 4 is 30.3 Å². The number of hydrogen-bond acceptors (Lipinski definition) is 5. The summed E-state index contributed by atoms with van der Waals surface area (Å²) in [5, 5.41) is 10.3. The van der Waals surface area contributed by atoms with Gasteiger partial charge in [0.25, 0.3) is 0 Å². The average molecular weight is 436 g/mol. The molecule has 0 saturated heterocycles. The first-order valence-electron chi connectivity index (χ1n) is 10.4. The second kappa shape index (κ2) is 8.84. The number of carbonyl (C=O) groups is 2. The van der Waals surface area contributed by atoms with E-state index in [2.05, 4.69) is 5.32 Å². The number of amidine groups is 1. The number of rotatable bonds is 6. The van der Waals surface area contributed by atoms with Gasteiger partial charge in [-0.1, -0.05) is 18.2 Å². The maximum atomic E-state index is 12.7. The molecule has 4 N–H and O–H groups in total. The molecule has 0 unspecified atom stereocenters. The molecule has 7 nitrogen and oxygen atoms in total. The van der Waals surface area contributed by atoms with Crippen molar-refractivity contribution in [3.05, 3.63) is 35.4 Å². The van der Waals surface area contributed by atoms with Crippen molar-refractivity contribution in [2.75, 3.05) is 7.11 Å². The number of nitrogens with two attached hydrogens (primary N) is 1. The van der Waals surface area contributed by atoms with Gasteiger partial charge in [0.1, 0.15) is 17.5 Å². The minimum Gasteiger partial charge on any atom is -0.467 e. The van der Waals surface area contributed by atoms with Crippen LogP contribution >= 0.6 is 12.4 Å². The van der Waals surface area contributed by atoms with Crippen LogP contribution in [-0.4, -0.2) is 36.7 Å². The number of nitrogens with one attached hydrogen (secondary N) is 2. The highest BCUT2D eigenvalue weighted by Gasteiger charge is 2.53. The van der Waals surface area contributed by atoms with E-state index in [4.69, 9.17) is 20.6 Å². The number of halogens is 1. The van der Waals surface area contributed by atoms with E-state index in [1.54, 1.807) is 18.2 Å². The molecule has 4 aliphatic rings. The first kappa shape index (κ1) is 22.4. The van der Waals surface area contributed by atoms with E-state index in [0.29, 0.717) is 23.3 Å². The number of amides is 1. The molecule has 0 radical (unpaired) electrons. The third-order valence-corrected chi connectivity index (χ3v) is 6.75. The average Bonchev–Trinajstić information content (AvgIpc) is 2.65. The molecular formula is C22H30ClN3O4. The van der Waals surface area contributed by atoms with E-state index in [0.717, 1.165) is 24.8 Å². The summed E-state index contributed by atoms with van der Waals surface area (Å²) in [4.78, 5) is 25.0. The summed E-state index contributed by atoms with van der Waals surface area (Å²) in [5.74, 6) is 1.43. The highest BCUT2D eigenvalue weighted by molar-refractivity contribution is 5.95. The highest BCUT2D eigenvalue weighted by Crippen LogP contribution is 2.57. The lowest BCUT2D eigenvalue weighted by molar-refractivity contribution is -0.144. The molecule has 30 heavy (non-hydrogen) atoms. The number of hydrogen-bond donors (Lipinski definition) is 3. The van der Waals surface area contributed by atoms with Crippen LogP contribution < -0.4 is 11.1 Å². The molecule has 8 heteroatoms. The molecule has 1 aromatic carbocycles. The topological polar surface area (TPSA) is 115 Å². The molecule has 4 bridgehead atoms. The lowest BCUT2D eigenvalue weighted by Crippen LogP contribution is -2.55. The van der Waals surface area contributed by atoms with E-state index in [9.17, 15) is 9.59 Å². The summed E-state index contributed by atoms with van der Waals surface area (Å²) in [6.45, 7) is 0. The van der Waals surface area contributed by atoms with Crippen LogP contribution in [-0.2, 0) is 20.7 Å². The molecule has 5 rings (SSSR count). The summed E-state index contributed by atoms with van der Waals surface area (Å²) < 4.78 is 10.8. The molecule has 4 saturated carbocycles. The first-order chi connectivity index (χ1) is 13.9. The fraction of sp³-hybridized carbons (Fsp3) is 0.591. The zero-order valence-electron chi connectivity index (χ0n) is 17.2. The van der Waals surface area contributed by atoms with E-state index < -0.39 is 18.1 Å². The van der Waals surface area contributed by atoms with Crippen molar-refractivity contribution in [3.63, 3.8) is 0 Å². The smallest absolute Gasteiger partial charge is 0.408 e. The summed E-state index contributed by atoms with van der Waals surface area (Å²) in [7, 11) is 1.30. The summed E-state index contributed by atoms with van der Waals surface area (Å²) in [5.41, 5.74) is 6.53. The number of alkyl carbamates (subject to hydrolysis) is 1. The molecule has 0 aromatic heterocycles. The maximum absolute atomic E-state index is 12.7. The monoisotopic (exact) mass is 435 g/mol. The summed E-state index contributed by atoms with van der Waals surface area (Å²) >= 11 is 0. The number of carbonyl (C=O) groups excluding carboxylic acids is 2. The van der Waals surface area contributed by atoms with Crippen LogP contribution in [0.5, 0.6) is 0 Å². The normalized spacial score (nSPS) is 29.4. The van der Waals surface area contributed by atoms with Gasteiger partial charge in [-0.15, -0.1) is 12.4 Å². The van der Waals surface area contributed by atoms with Gasteiger partial charge in [0.15, 0.2) is 0 Å². The molecule has 0 heterocycles. The minimum atomic E-state index is -0.858. The fourth-order valence-corrected chi connectivity index (χ4v) is 5.96. The molecule has 164 valence electrons. The van der Waals surface area contributed by atoms with Crippen LogP contribution in [0.1, 0.15) is 49.7 Å². The summed E-state index contributed by atoms with van der Waals surface area (Å²) in [6.07, 6.45) is 6.31. The third-order valence-electron chi connectivity index (χ3n) is 6.75. The SMILES string of the molecule is COC(=O)[C@@H](Cc1cccc(C(=N)N)c1)NC(=O)OC12CC3CC(CC(C3)C1)C2.Cl. The van der Waals surface area contributed by atoms with E-state index in [1.807, 2.05) is 6.07 Å². The number of ether oxygens (including phenoxy) is 2. The van der Waals surface area contributed by atoms with Gasteiger partial charge in [-0.25, -0.2) is 9.59 Å². The molecule has 1 aromatic rings. The van der Waals surface area contributed by atoms with Crippen molar-refractivity contribution in [1.82, 2.24) is 5.32 Å². The van der Waals surface area contributed by atoms with Crippen molar-refractivity contribution < 1.29 is 19.1 Å². The van der Waals surface area contributed by atoms with Crippen LogP contribution in [0.25, 0.3) is 0 Å². The maximum Gasteiger partial charge on any atom is 0.408 e. The van der Waals surface area contributed by atoms with Gasteiger partial charge in [0, 0.05) is 12.0 Å². The predicted octanol–water partition coefficient (Wildman–Crippen LogP) is 3.17. The molecule has 1 atom stereocenters. The molecule has 0 aliphatic heterocycles. The predicted molar refractivity (Wildman–Crippen MR) is 115 cm³/mol. The Kier molecular flexibility index (Phi) is 6.60. The molecule has 4 fully saturated rings. The Morgan fingerprint density at radius 2 is 1.80 bits per heavy atom. The van der Waals surface area contributed by atoms with Gasteiger partial charge in [-0.3, -0.25) is 5.41 Å². The zero-order valence-corrected chi connectivity index (χ0v) is 18.0. The fourth-order valence-electron chi connectivity index (χ4n) is 5.96. The Morgan fingerprint density at radius 1 is 1.20 bits per heavy atom. The number of methoxy groups -OCH3 is 1. The van der Waals surface area contributed by atoms with Crippen LogP contribution in [0.2, 0.25) is 0 Å². The van der Waals surface area contributed by atoms with Crippen molar-refractivity contribution in [3.8, 4) is 0 Å². The zero-order chi connectivity index (χ0) is 20.6. The number of benzene rings is 1. The molecule has 0 spiro atoms. The van der Waals surface area contributed by atoms with Crippen LogP contribution in [0.3, 0.4) is 0 Å². The minimum absolute atomic E-state index is 0. The van der Waals surface area contributed by atoms with Crippen molar-refractivity contribution in [2.45, 2.75) is 56.6 Å². The van der Waals surface area contributed by atoms with Gasteiger partial charge in [0.05, 0.1) is 7.11 Å². The van der Waals surface area contributed by atoms with Crippen molar-refractivity contribution in [2.24, 2.45) is 23.5 Å². The Balaban J connectivity index is 0.00000256. The van der Waals surface area contributed by atoms with Gasteiger partial charge >= 0.3 is 12.1 Å². The quantitative estimate of drug-likeness (QED) is 0.360. The molecule has 1 amide bonds. The van der Waals surface area contributed by atoms with Crippen LogP contribution in [0.15, 0.2) is 24.3 Å². The van der Waals surface area contributed by atoms with E-state index >= 15 is 0 Å². The van der Waals surface area contributed by atoms with Gasteiger partial charge in [-0.05, 0) is 67.9 Å². The van der Waals surface area contributed by atoms with E-state index in [-0.39, 0.29) is 30.3 Å². The van der Waals surface area contributed by atoms with E-state index in [1.165, 1.54) is 26.4 Å². The Morgan fingerprint density at radius 3 is 2.33 bits per heavy atom. The first-order valence-corrected chi connectivity index (χ1v) is 10.4. The van der Waals surface area contributed by atoms with Crippen molar-refractivity contribution in [1.29, 1.82) is 5.41 Å². The van der Waals surface area contributed by atoms with Gasteiger partial charge < -0.3 is 20.5 Å². The standard InChI is InChI=1S/C22H29N3O4.ClH/c1-28-20(26)18(9-13-3-2-4-17(8-13)19(23)24)25-21(27)29-22-10-14-5-15(11-22)7-16(6-14)12-22;/h2-4,8,14-16,18H,5-7,9-12H2,1H3,(H3,23,24)(H,25,27);1H/t14?,15?,16?,18-,22?;/m1./s1. The number of nitrogen functional groups attached to an aromatic ring is 1. The van der Waals surface area contributed by atoms with Crippen LogP contribution in [0, 0.1) is 23.2 Å². The van der Waals surface area contributed by atoms with Gasteiger partial charge in [0.2, 0.25) is 0 Å². The van der Waals surface area contributed by atoms with Crippen LogP contribution in [0.4, 0.5) is 4.79 Å². The second-order valence-electron chi connectivity index (χ2n) is 9.03. The lowest BCUT2D eigenvalue weighted by atomic mass is 9.54. The van der Waals surface area contributed by atoms with Gasteiger partial charge in [-0.2, -0.15) is 0 Å². The molecular weight excluding hydrogens is 406 g/mol. The highest BCUT2D eigenvalue weighted by atomic mass is 35.5. The lowest BCUT2D eigenvalue weighted by Gasteiger charge is -2.55. The number of esters is 1.